The number of unbranched alkanes of at least 4 members (excludes halogenated alkanes) is 1. The van der Waals surface area contributed by atoms with E-state index in [2.05, 4.69) is 13.8 Å². The Hall–Kier alpha value is -1.55. The molecule has 0 fully saturated rings. The first-order valence-corrected chi connectivity index (χ1v) is 7.75. The zero-order valence-corrected chi connectivity index (χ0v) is 12.9. The summed E-state index contributed by atoms with van der Waals surface area (Å²) in [6.45, 7) is 5.37. The van der Waals surface area contributed by atoms with Crippen LogP contribution in [0.1, 0.15) is 49.9 Å². The Morgan fingerprint density at radius 3 is 2.86 bits per heavy atom. The van der Waals surface area contributed by atoms with Gasteiger partial charge in [-0.25, -0.2) is 0 Å². The van der Waals surface area contributed by atoms with Crippen LogP contribution < -0.4 is 9.47 Å². The molecule has 0 aromatic heterocycles. The van der Waals surface area contributed by atoms with Crippen molar-refractivity contribution in [2.75, 3.05) is 20.0 Å². The predicted molar refractivity (Wildman–Crippen MR) is 81.0 cm³/mol. The van der Waals surface area contributed by atoms with Gasteiger partial charge in [-0.05, 0) is 30.5 Å². The normalized spacial score (nSPS) is 14.2. The molecule has 4 nitrogen and oxygen atoms in total. The quantitative estimate of drug-likeness (QED) is 0.649. The van der Waals surface area contributed by atoms with Crippen LogP contribution in [-0.4, -0.2) is 25.8 Å². The van der Waals surface area contributed by atoms with Crippen molar-refractivity contribution in [3.05, 3.63) is 23.8 Å². The number of carbonyl (C=O) groups excluding carboxylic acids is 1. The largest absolute Gasteiger partial charge is 0.454 e. The van der Waals surface area contributed by atoms with E-state index in [-0.39, 0.29) is 19.2 Å². The molecule has 0 saturated carbocycles. The molecule has 4 heteroatoms. The van der Waals surface area contributed by atoms with Gasteiger partial charge in [-0.15, -0.1) is 0 Å². The fourth-order valence-corrected chi connectivity index (χ4v) is 2.37. The summed E-state index contributed by atoms with van der Waals surface area (Å²) in [5, 5.41) is 0. The molecule has 116 valence electrons. The van der Waals surface area contributed by atoms with Crippen molar-refractivity contribution < 1.29 is 19.0 Å². The Balaban J connectivity index is 1.79. The summed E-state index contributed by atoms with van der Waals surface area (Å²) in [6.07, 6.45) is 4.69. The van der Waals surface area contributed by atoms with Gasteiger partial charge in [0.2, 0.25) is 6.79 Å². The Labute approximate surface area is 126 Å². The molecule has 0 spiro atoms. The molecule has 0 bridgehead atoms. The first kappa shape index (κ1) is 15.8. The van der Waals surface area contributed by atoms with Crippen LogP contribution in [-0.2, 0) is 4.74 Å². The van der Waals surface area contributed by atoms with Gasteiger partial charge >= 0.3 is 0 Å². The van der Waals surface area contributed by atoms with E-state index in [9.17, 15) is 4.79 Å². The monoisotopic (exact) mass is 292 g/mol. The van der Waals surface area contributed by atoms with E-state index in [1.165, 1.54) is 19.3 Å². The van der Waals surface area contributed by atoms with Gasteiger partial charge in [-0.1, -0.05) is 33.1 Å². The van der Waals surface area contributed by atoms with Gasteiger partial charge in [0.1, 0.15) is 6.61 Å². The number of Topliss-reactive ketones (excluding diaryl/α,β-unsaturated/α-hetero) is 1. The molecule has 21 heavy (non-hydrogen) atoms. The van der Waals surface area contributed by atoms with Gasteiger partial charge in [0.05, 0.1) is 0 Å². The van der Waals surface area contributed by atoms with Crippen molar-refractivity contribution in [2.45, 2.75) is 39.5 Å². The fraction of sp³-hybridized carbons (Fsp3) is 0.588. The van der Waals surface area contributed by atoms with E-state index in [1.54, 1.807) is 18.2 Å². The summed E-state index contributed by atoms with van der Waals surface area (Å²) >= 11 is 0. The number of hydrogen-bond acceptors (Lipinski definition) is 4. The van der Waals surface area contributed by atoms with Crippen LogP contribution in [0.2, 0.25) is 0 Å². The molecule has 1 aliphatic heterocycles. The highest BCUT2D eigenvalue weighted by Crippen LogP contribution is 2.32. The molecule has 0 N–H and O–H groups in total. The first-order valence-electron chi connectivity index (χ1n) is 7.75. The number of carbonyl (C=O) groups is 1. The maximum absolute atomic E-state index is 12.1. The molecule has 0 saturated heterocycles. The number of benzene rings is 1. The van der Waals surface area contributed by atoms with Crippen molar-refractivity contribution in [2.24, 2.45) is 5.92 Å². The van der Waals surface area contributed by atoms with E-state index in [0.717, 1.165) is 6.42 Å². The molecule has 2 rings (SSSR count). The predicted octanol–water partition coefficient (Wildman–Crippen LogP) is 3.83. The van der Waals surface area contributed by atoms with Crippen LogP contribution in [0.25, 0.3) is 0 Å². The Morgan fingerprint density at radius 1 is 1.29 bits per heavy atom. The highest BCUT2D eigenvalue weighted by atomic mass is 16.7. The van der Waals surface area contributed by atoms with Crippen molar-refractivity contribution in [1.82, 2.24) is 0 Å². The number of fused-ring (bicyclic) bond motifs is 1. The van der Waals surface area contributed by atoms with Gasteiger partial charge in [0, 0.05) is 12.2 Å². The summed E-state index contributed by atoms with van der Waals surface area (Å²) in [5.41, 5.74) is 0.612. The maximum Gasteiger partial charge on any atom is 0.231 e. The van der Waals surface area contributed by atoms with Gasteiger partial charge in [-0.2, -0.15) is 0 Å². The second-order valence-corrected chi connectivity index (χ2v) is 5.42. The topological polar surface area (TPSA) is 44.8 Å². The summed E-state index contributed by atoms with van der Waals surface area (Å²) in [7, 11) is 0. The molecule has 1 aliphatic rings. The minimum atomic E-state index is -0.0151. The Kier molecular flexibility index (Phi) is 6.05. The standard InChI is InChI=1S/C17H24O4/c1-3-5-6-13(4-2)10-19-11-15(18)14-7-8-16-17(9-14)21-12-20-16/h7-9,13H,3-6,10-12H2,1-2H3. The zero-order chi connectivity index (χ0) is 15.1. The van der Waals surface area contributed by atoms with Crippen LogP contribution in [0.3, 0.4) is 0 Å². The lowest BCUT2D eigenvalue weighted by Crippen LogP contribution is -2.15. The number of ether oxygens (including phenoxy) is 3. The molecular formula is C17H24O4. The average molecular weight is 292 g/mol. The first-order chi connectivity index (χ1) is 10.2. The van der Waals surface area contributed by atoms with E-state index in [4.69, 9.17) is 14.2 Å². The maximum atomic E-state index is 12.1. The van der Waals surface area contributed by atoms with Crippen LogP contribution in [0.5, 0.6) is 11.5 Å². The van der Waals surface area contributed by atoms with E-state index < -0.39 is 0 Å². The number of ketones is 1. The SMILES string of the molecule is CCCCC(CC)COCC(=O)c1ccc2c(c1)OCO2. The molecule has 1 atom stereocenters. The zero-order valence-electron chi connectivity index (χ0n) is 12.9. The average Bonchev–Trinajstić information content (AvgIpc) is 2.97. The van der Waals surface area contributed by atoms with E-state index in [1.807, 2.05) is 0 Å². The minimum absolute atomic E-state index is 0.0151. The van der Waals surface area contributed by atoms with Crippen LogP contribution >= 0.6 is 0 Å². The van der Waals surface area contributed by atoms with Gasteiger partial charge in [0.25, 0.3) is 0 Å². The van der Waals surface area contributed by atoms with E-state index in [0.29, 0.717) is 29.6 Å². The van der Waals surface area contributed by atoms with Crippen LogP contribution in [0, 0.1) is 5.92 Å². The van der Waals surface area contributed by atoms with Crippen LogP contribution in [0.4, 0.5) is 0 Å². The van der Waals surface area contributed by atoms with Crippen molar-refractivity contribution in [3.8, 4) is 11.5 Å². The van der Waals surface area contributed by atoms with E-state index >= 15 is 0 Å². The summed E-state index contributed by atoms with van der Waals surface area (Å²) < 4.78 is 16.1. The lowest BCUT2D eigenvalue weighted by atomic mass is 10.0. The molecule has 0 amide bonds. The van der Waals surface area contributed by atoms with Crippen molar-refractivity contribution >= 4 is 5.78 Å². The lowest BCUT2D eigenvalue weighted by molar-refractivity contribution is 0.0658. The highest BCUT2D eigenvalue weighted by Gasteiger charge is 2.16. The van der Waals surface area contributed by atoms with Gasteiger partial charge in [-0.3, -0.25) is 4.79 Å². The summed E-state index contributed by atoms with van der Waals surface area (Å²) in [5.74, 6) is 1.86. The molecule has 1 aromatic rings. The Morgan fingerprint density at radius 2 is 2.10 bits per heavy atom. The van der Waals surface area contributed by atoms with Crippen LogP contribution in [0.15, 0.2) is 18.2 Å². The van der Waals surface area contributed by atoms with Crippen molar-refractivity contribution in [3.63, 3.8) is 0 Å². The highest BCUT2D eigenvalue weighted by molar-refractivity contribution is 5.97. The summed E-state index contributed by atoms with van der Waals surface area (Å²) in [6, 6.07) is 5.25. The molecule has 1 heterocycles. The fourth-order valence-electron chi connectivity index (χ4n) is 2.37. The van der Waals surface area contributed by atoms with Gasteiger partial charge in [0.15, 0.2) is 17.3 Å². The molecule has 1 unspecified atom stereocenters. The van der Waals surface area contributed by atoms with Crippen molar-refractivity contribution in [1.29, 1.82) is 0 Å². The summed E-state index contributed by atoms with van der Waals surface area (Å²) in [4.78, 5) is 12.1. The second kappa shape index (κ2) is 8.03. The molecule has 0 aliphatic carbocycles. The third-order valence-electron chi connectivity index (χ3n) is 3.82. The van der Waals surface area contributed by atoms with Gasteiger partial charge < -0.3 is 14.2 Å². The molecular weight excluding hydrogens is 268 g/mol. The lowest BCUT2D eigenvalue weighted by Gasteiger charge is -2.14. The molecule has 1 aromatic carbocycles. The second-order valence-electron chi connectivity index (χ2n) is 5.42. The third-order valence-corrected chi connectivity index (χ3v) is 3.82. The number of hydrogen-bond donors (Lipinski definition) is 0. The smallest absolute Gasteiger partial charge is 0.231 e. The Bertz CT molecular complexity index is 470. The third kappa shape index (κ3) is 4.46. The number of rotatable bonds is 9. The molecule has 0 radical (unpaired) electrons. The minimum Gasteiger partial charge on any atom is -0.454 e.